The van der Waals surface area contributed by atoms with Gasteiger partial charge in [0.2, 0.25) is 5.91 Å². The molecular weight excluding hydrogens is 264 g/mol. The van der Waals surface area contributed by atoms with Gasteiger partial charge < -0.3 is 15.8 Å². The molecule has 0 atom stereocenters. The van der Waals surface area contributed by atoms with Crippen molar-refractivity contribution in [2.75, 3.05) is 17.7 Å². The van der Waals surface area contributed by atoms with E-state index in [1.165, 1.54) is 0 Å². The molecule has 1 aliphatic rings. The predicted octanol–water partition coefficient (Wildman–Crippen LogP) is 2.78. The first kappa shape index (κ1) is 13.5. The van der Waals surface area contributed by atoms with Crippen molar-refractivity contribution in [1.29, 1.82) is 0 Å². The zero-order valence-electron chi connectivity index (χ0n) is 11.8. The lowest BCUT2D eigenvalue weighted by Gasteiger charge is -2.17. The third-order valence-electron chi connectivity index (χ3n) is 3.67. The summed E-state index contributed by atoms with van der Waals surface area (Å²) in [6, 6.07) is 13.6. The molecule has 0 radical (unpaired) electrons. The second kappa shape index (κ2) is 5.87. The van der Waals surface area contributed by atoms with Crippen LogP contribution in [0.25, 0.3) is 0 Å². The zero-order valence-corrected chi connectivity index (χ0v) is 11.8. The average Bonchev–Trinajstić information content (AvgIpc) is 2.49. The Labute approximate surface area is 123 Å². The zero-order chi connectivity index (χ0) is 14.7. The quantitative estimate of drug-likeness (QED) is 0.847. The van der Waals surface area contributed by atoms with E-state index in [9.17, 15) is 4.79 Å². The molecule has 0 bridgehead atoms. The van der Waals surface area contributed by atoms with Gasteiger partial charge in [0.05, 0.1) is 6.61 Å². The van der Waals surface area contributed by atoms with Crippen molar-refractivity contribution in [2.45, 2.75) is 19.3 Å². The van der Waals surface area contributed by atoms with E-state index in [-0.39, 0.29) is 5.91 Å². The highest BCUT2D eigenvalue weighted by molar-refractivity contribution is 5.93. The van der Waals surface area contributed by atoms with Crippen molar-refractivity contribution in [3.05, 3.63) is 53.6 Å². The molecule has 0 aromatic heterocycles. The Bertz CT molecular complexity index is 668. The summed E-state index contributed by atoms with van der Waals surface area (Å²) < 4.78 is 5.79. The number of nitrogens with one attached hydrogen (secondary N) is 1. The van der Waals surface area contributed by atoms with Crippen molar-refractivity contribution in [3.63, 3.8) is 0 Å². The molecular formula is C17H18N2O2. The number of amides is 1. The molecule has 0 saturated heterocycles. The number of ether oxygens (including phenoxy) is 1. The fourth-order valence-electron chi connectivity index (χ4n) is 2.49. The normalized spacial score (nSPS) is 13.4. The summed E-state index contributed by atoms with van der Waals surface area (Å²) >= 11 is 0. The Balaban J connectivity index is 1.61. The number of hydrogen-bond acceptors (Lipinski definition) is 3. The summed E-state index contributed by atoms with van der Waals surface area (Å²) in [7, 11) is 0. The topological polar surface area (TPSA) is 64.3 Å². The van der Waals surface area contributed by atoms with Gasteiger partial charge in [-0.25, -0.2) is 0 Å². The highest BCUT2D eigenvalue weighted by Gasteiger charge is 2.14. The van der Waals surface area contributed by atoms with Crippen molar-refractivity contribution < 1.29 is 9.53 Å². The van der Waals surface area contributed by atoms with E-state index in [4.69, 9.17) is 10.5 Å². The van der Waals surface area contributed by atoms with Crippen LogP contribution in [0.2, 0.25) is 0 Å². The Morgan fingerprint density at radius 1 is 1.14 bits per heavy atom. The third kappa shape index (κ3) is 3.16. The molecule has 1 aliphatic heterocycles. The molecule has 0 spiro atoms. The van der Waals surface area contributed by atoms with Crippen LogP contribution in [-0.4, -0.2) is 12.5 Å². The van der Waals surface area contributed by atoms with E-state index in [1.807, 2.05) is 42.5 Å². The first-order valence-electron chi connectivity index (χ1n) is 7.11. The second-order valence-corrected chi connectivity index (χ2v) is 5.16. The van der Waals surface area contributed by atoms with Crippen LogP contribution in [0.4, 0.5) is 11.4 Å². The number of benzene rings is 2. The van der Waals surface area contributed by atoms with Gasteiger partial charge in [0.25, 0.3) is 0 Å². The summed E-state index contributed by atoms with van der Waals surface area (Å²) in [6.07, 6.45) is 2.08. The third-order valence-corrected chi connectivity index (χ3v) is 3.67. The standard InChI is InChI=1S/C17H18N2O2/c18-15-4-2-1-3-12(15)9-10-21-14-6-7-16-13(11-14)5-8-17(20)19-16/h1-4,6-7,11H,5,8-10,18H2,(H,19,20). The number of anilines is 2. The van der Waals surface area contributed by atoms with Crippen LogP contribution < -0.4 is 15.8 Å². The minimum Gasteiger partial charge on any atom is -0.493 e. The number of nitrogen functional groups attached to an aromatic ring is 1. The first-order valence-corrected chi connectivity index (χ1v) is 7.11. The van der Waals surface area contributed by atoms with E-state index in [1.54, 1.807) is 0 Å². The van der Waals surface area contributed by atoms with Crippen molar-refractivity contribution in [2.24, 2.45) is 0 Å². The second-order valence-electron chi connectivity index (χ2n) is 5.16. The first-order chi connectivity index (χ1) is 10.2. The minimum absolute atomic E-state index is 0.0794. The number of carbonyl (C=O) groups excluding carboxylic acids is 1. The largest absolute Gasteiger partial charge is 0.493 e. The summed E-state index contributed by atoms with van der Waals surface area (Å²) in [5.74, 6) is 0.912. The van der Waals surface area contributed by atoms with Crippen LogP contribution in [0.15, 0.2) is 42.5 Å². The predicted molar refractivity (Wildman–Crippen MR) is 83.4 cm³/mol. The van der Waals surface area contributed by atoms with E-state index in [0.29, 0.717) is 13.0 Å². The van der Waals surface area contributed by atoms with Gasteiger partial charge in [0, 0.05) is 24.2 Å². The van der Waals surface area contributed by atoms with Crippen LogP contribution in [-0.2, 0) is 17.6 Å². The fourth-order valence-corrected chi connectivity index (χ4v) is 2.49. The number of fused-ring (bicyclic) bond motifs is 1. The van der Waals surface area contributed by atoms with Crippen LogP contribution in [0.1, 0.15) is 17.5 Å². The highest BCUT2D eigenvalue weighted by atomic mass is 16.5. The maximum atomic E-state index is 11.3. The average molecular weight is 282 g/mol. The Hall–Kier alpha value is -2.49. The van der Waals surface area contributed by atoms with E-state index in [0.717, 1.165) is 41.1 Å². The monoisotopic (exact) mass is 282 g/mol. The molecule has 0 aliphatic carbocycles. The van der Waals surface area contributed by atoms with Gasteiger partial charge in [-0.3, -0.25) is 4.79 Å². The van der Waals surface area contributed by atoms with Crippen LogP contribution in [0.3, 0.4) is 0 Å². The van der Waals surface area contributed by atoms with Gasteiger partial charge in [-0.05, 0) is 41.8 Å². The summed E-state index contributed by atoms with van der Waals surface area (Å²) in [4.78, 5) is 11.3. The molecule has 1 heterocycles. The number of rotatable bonds is 4. The minimum atomic E-state index is 0.0794. The van der Waals surface area contributed by atoms with E-state index in [2.05, 4.69) is 5.32 Å². The molecule has 2 aromatic rings. The van der Waals surface area contributed by atoms with Crippen molar-refractivity contribution in [3.8, 4) is 5.75 Å². The van der Waals surface area contributed by atoms with Crippen molar-refractivity contribution >= 4 is 17.3 Å². The summed E-state index contributed by atoms with van der Waals surface area (Å²) in [5, 5.41) is 2.87. The molecule has 4 heteroatoms. The van der Waals surface area contributed by atoms with Gasteiger partial charge >= 0.3 is 0 Å². The molecule has 0 saturated carbocycles. The fraction of sp³-hybridized carbons (Fsp3) is 0.235. The van der Waals surface area contributed by atoms with Crippen LogP contribution >= 0.6 is 0 Å². The molecule has 3 rings (SSSR count). The maximum absolute atomic E-state index is 11.3. The summed E-state index contributed by atoms with van der Waals surface area (Å²) in [6.45, 7) is 0.583. The lowest BCUT2D eigenvalue weighted by Crippen LogP contribution is -2.18. The molecule has 4 nitrogen and oxygen atoms in total. The lowest BCUT2D eigenvalue weighted by molar-refractivity contribution is -0.116. The SMILES string of the molecule is Nc1ccccc1CCOc1ccc2c(c1)CCC(=O)N2. The van der Waals surface area contributed by atoms with Crippen LogP contribution in [0.5, 0.6) is 5.75 Å². The van der Waals surface area contributed by atoms with E-state index < -0.39 is 0 Å². The molecule has 1 amide bonds. The van der Waals surface area contributed by atoms with E-state index >= 15 is 0 Å². The molecule has 2 aromatic carbocycles. The lowest BCUT2D eigenvalue weighted by atomic mass is 10.0. The Morgan fingerprint density at radius 2 is 2.00 bits per heavy atom. The molecule has 21 heavy (non-hydrogen) atoms. The Morgan fingerprint density at radius 3 is 2.86 bits per heavy atom. The number of nitrogens with two attached hydrogens (primary N) is 1. The smallest absolute Gasteiger partial charge is 0.224 e. The van der Waals surface area contributed by atoms with Gasteiger partial charge in [0.15, 0.2) is 0 Å². The van der Waals surface area contributed by atoms with Crippen molar-refractivity contribution in [1.82, 2.24) is 0 Å². The van der Waals surface area contributed by atoms with Gasteiger partial charge in [-0.1, -0.05) is 18.2 Å². The number of hydrogen-bond donors (Lipinski definition) is 2. The maximum Gasteiger partial charge on any atom is 0.224 e. The Kier molecular flexibility index (Phi) is 3.77. The van der Waals surface area contributed by atoms with Gasteiger partial charge in [0.1, 0.15) is 5.75 Å². The molecule has 0 fully saturated rings. The molecule has 3 N–H and O–H groups in total. The number of para-hydroxylation sites is 1. The van der Waals surface area contributed by atoms with Gasteiger partial charge in [-0.15, -0.1) is 0 Å². The van der Waals surface area contributed by atoms with Gasteiger partial charge in [-0.2, -0.15) is 0 Å². The molecule has 108 valence electrons. The molecule has 0 unspecified atom stereocenters. The number of aryl methyl sites for hydroxylation is 1. The summed E-state index contributed by atoms with van der Waals surface area (Å²) in [5.41, 5.74) is 9.83. The van der Waals surface area contributed by atoms with Crippen LogP contribution in [0, 0.1) is 0 Å². The number of carbonyl (C=O) groups is 1. The highest BCUT2D eigenvalue weighted by Crippen LogP contribution is 2.26.